The molecule has 0 aliphatic carbocycles. The lowest BCUT2D eigenvalue weighted by Crippen LogP contribution is -2.11. The lowest BCUT2D eigenvalue weighted by molar-refractivity contribution is -0.138. The minimum atomic E-state index is -4.43. The van der Waals surface area contributed by atoms with E-state index in [1.165, 1.54) is 6.20 Å². The highest BCUT2D eigenvalue weighted by atomic mass is 19.4. The number of nitrogens with zero attached hydrogens (tertiary/aromatic N) is 4. The van der Waals surface area contributed by atoms with Crippen LogP contribution in [0.25, 0.3) is 11.0 Å². The molecule has 5 nitrogen and oxygen atoms in total. The summed E-state index contributed by atoms with van der Waals surface area (Å²) < 4.78 is 39.3. The Morgan fingerprint density at radius 2 is 1.75 bits per heavy atom. The molecule has 0 radical (unpaired) electrons. The molecule has 0 aliphatic heterocycles. The number of aromatic nitrogens is 5. The zero-order valence-corrected chi connectivity index (χ0v) is 15.0. The number of pyridine rings is 2. The first-order chi connectivity index (χ1) is 13.4. The normalized spacial score (nSPS) is 11.9. The van der Waals surface area contributed by atoms with Crippen molar-refractivity contribution in [2.24, 2.45) is 0 Å². The maximum atomic E-state index is 13.1. The Bertz CT molecular complexity index is 1120. The van der Waals surface area contributed by atoms with Gasteiger partial charge >= 0.3 is 6.18 Å². The van der Waals surface area contributed by atoms with Gasteiger partial charge in [-0.15, -0.1) is 0 Å². The molecule has 0 unspecified atom stereocenters. The highest BCUT2D eigenvalue weighted by molar-refractivity contribution is 5.80. The largest absolute Gasteiger partial charge is 0.416 e. The van der Waals surface area contributed by atoms with Crippen LogP contribution in [0.1, 0.15) is 33.6 Å². The van der Waals surface area contributed by atoms with Crippen molar-refractivity contribution in [2.75, 3.05) is 0 Å². The predicted octanol–water partition coefficient (Wildman–Crippen LogP) is 4.26. The molecule has 0 saturated heterocycles. The number of hydrogen-bond donors (Lipinski definition) is 1. The van der Waals surface area contributed by atoms with Crippen molar-refractivity contribution in [1.82, 2.24) is 24.9 Å². The van der Waals surface area contributed by atoms with E-state index in [2.05, 4.69) is 31.0 Å². The maximum absolute atomic E-state index is 13.1. The van der Waals surface area contributed by atoms with E-state index in [9.17, 15) is 13.2 Å². The van der Waals surface area contributed by atoms with Gasteiger partial charge in [-0.2, -0.15) is 13.2 Å². The van der Waals surface area contributed by atoms with Gasteiger partial charge in [-0.1, -0.05) is 0 Å². The Kier molecular flexibility index (Phi) is 4.54. The molecule has 4 aromatic heterocycles. The highest BCUT2D eigenvalue weighted by Gasteiger charge is 2.33. The molecule has 4 rings (SSSR count). The molecular weight excluding hydrogens is 367 g/mol. The summed E-state index contributed by atoms with van der Waals surface area (Å²) >= 11 is 0. The minimum absolute atomic E-state index is 0.0286. The van der Waals surface area contributed by atoms with Crippen LogP contribution >= 0.6 is 0 Å². The average molecular weight is 383 g/mol. The Labute approximate surface area is 158 Å². The van der Waals surface area contributed by atoms with Crippen LogP contribution in [0.3, 0.4) is 0 Å². The van der Waals surface area contributed by atoms with Gasteiger partial charge in [0.2, 0.25) is 0 Å². The molecule has 0 saturated carbocycles. The summed E-state index contributed by atoms with van der Waals surface area (Å²) in [5, 5.41) is 1.04. The van der Waals surface area contributed by atoms with Gasteiger partial charge in [0.1, 0.15) is 11.5 Å². The van der Waals surface area contributed by atoms with Gasteiger partial charge in [-0.25, -0.2) is 15.0 Å². The molecule has 28 heavy (non-hydrogen) atoms. The Hall–Kier alpha value is -3.29. The average Bonchev–Trinajstić information content (AvgIpc) is 3.05. The molecule has 0 spiro atoms. The van der Waals surface area contributed by atoms with E-state index in [-0.39, 0.29) is 12.0 Å². The molecule has 4 heterocycles. The van der Waals surface area contributed by atoms with E-state index in [0.717, 1.165) is 40.0 Å². The number of nitrogens with one attached hydrogen (secondary N) is 1. The van der Waals surface area contributed by atoms with Crippen molar-refractivity contribution in [3.05, 3.63) is 83.0 Å². The number of halogens is 3. The first kappa shape index (κ1) is 18.1. The van der Waals surface area contributed by atoms with Crippen molar-refractivity contribution in [3.8, 4) is 0 Å². The topological polar surface area (TPSA) is 67.3 Å². The summed E-state index contributed by atoms with van der Waals surface area (Å²) in [6.07, 6.45) is 5.48. The van der Waals surface area contributed by atoms with Crippen molar-refractivity contribution in [3.63, 3.8) is 0 Å². The number of fused-ring (bicyclic) bond motifs is 1. The monoisotopic (exact) mass is 383 g/mol. The molecular formula is C20H16F3N5. The first-order valence-electron chi connectivity index (χ1n) is 8.62. The number of aryl methyl sites for hydroxylation is 1. The predicted molar refractivity (Wildman–Crippen MR) is 97.7 cm³/mol. The van der Waals surface area contributed by atoms with Crippen LogP contribution in [0.2, 0.25) is 0 Å². The van der Waals surface area contributed by atoms with Gasteiger partial charge in [0.25, 0.3) is 0 Å². The highest BCUT2D eigenvalue weighted by Crippen LogP contribution is 2.32. The molecule has 4 aromatic rings. The lowest BCUT2D eigenvalue weighted by Gasteiger charge is -2.11. The quantitative estimate of drug-likeness (QED) is 0.572. The second-order valence-electron chi connectivity index (χ2n) is 6.61. The lowest BCUT2D eigenvalue weighted by atomic mass is 10.1. The second-order valence-corrected chi connectivity index (χ2v) is 6.61. The van der Waals surface area contributed by atoms with Gasteiger partial charge in [-0.05, 0) is 41.3 Å². The number of rotatable bonds is 4. The van der Waals surface area contributed by atoms with Gasteiger partial charge in [-0.3, -0.25) is 4.98 Å². The molecule has 0 fully saturated rings. The zero-order chi connectivity index (χ0) is 19.7. The number of aromatic amines is 1. The van der Waals surface area contributed by atoms with Gasteiger partial charge in [0.15, 0.2) is 0 Å². The summed E-state index contributed by atoms with van der Waals surface area (Å²) in [6.45, 7) is 1.98. The van der Waals surface area contributed by atoms with Crippen LogP contribution in [-0.4, -0.2) is 24.9 Å². The van der Waals surface area contributed by atoms with Crippen LogP contribution in [0.4, 0.5) is 13.2 Å². The third-order valence-corrected chi connectivity index (χ3v) is 4.46. The minimum Gasteiger partial charge on any atom is -0.346 e. The fourth-order valence-corrected chi connectivity index (χ4v) is 3.11. The van der Waals surface area contributed by atoms with Crippen molar-refractivity contribution in [2.45, 2.75) is 25.9 Å². The van der Waals surface area contributed by atoms with Gasteiger partial charge in [0.05, 0.1) is 5.56 Å². The van der Waals surface area contributed by atoms with E-state index in [1.807, 2.05) is 13.1 Å². The summed E-state index contributed by atoms with van der Waals surface area (Å²) in [4.78, 5) is 19.8. The smallest absolute Gasteiger partial charge is 0.346 e. The summed E-state index contributed by atoms with van der Waals surface area (Å²) in [5.74, 6) is 0.318. The third kappa shape index (κ3) is 3.71. The standard InChI is InChI=1S/C20H16F3N5/c1-12-4-16-14(11-28-19(16)27-7-12)5-13-8-25-18(26-9-13)6-15-10-24-3-2-17(15)20(21,22)23/h2-4,7-11H,5-6H2,1H3,(H,27,28). The number of hydrogen-bond acceptors (Lipinski definition) is 4. The van der Waals surface area contributed by atoms with E-state index >= 15 is 0 Å². The van der Waals surface area contributed by atoms with E-state index in [4.69, 9.17) is 0 Å². The van der Waals surface area contributed by atoms with Crippen LogP contribution in [0.15, 0.2) is 49.3 Å². The molecule has 0 amide bonds. The van der Waals surface area contributed by atoms with Gasteiger partial charge < -0.3 is 4.98 Å². The van der Waals surface area contributed by atoms with Crippen LogP contribution < -0.4 is 0 Å². The van der Waals surface area contributed by atoms with Crippen molar-refractivity contribution in [1.29, 1.82) is 0 Å². The number of alkyl halides is 3. The van der Waals surface area contributed by atoms with Crippen LogP contribution in [0.5, 0.6) is 0 Å². The van der Waals surface area contributed by atoms with Crippen molar-refractivity contribution < 1.29 is 13.2 Å². The third-order valence-electron chi connectivity index (χ3n) is 4.46. The molecule has 0 bridgehead atoms. The van der Waals surface area contributed by atoms with Crippen molar-refractivity contribution >= 4 is 11.0 Å². The summed E-state index contributed by atoms with van der Waals surface area (Å²) in [7, 11) is 0. The second kappa shape index (κ2) is 7.03. The number of H-pyrrole nitrogens is 1. The summed E-state index contributed by atoms with van der Waals surface area (Å²) in [5.41, 5.74) is 3.16. The molecule has 142 valence electrons. The fraction of sp³-hybridized carbons (Fsp3) is 0.200. The first-order valence-corrected chi connectivity index (χ1v) is 8.62. The Balaban J connectivity index is 1.54. The van der Waals surface area contributed by atoms with E-state index in [0.29, 0.717) is 12.2 Å². The molecule has 0 aliphatic rings. The van der Waals surface area contributed by atoms with Gasteiger partial charge in [0, 0.05) is 55.4 Å². The summed E-state index contributed by atoms with van der Waals surface area (Å²) in [6, 6.07) is 3.03. The SMILES string of the molecule is Cc1cnc2[nH]cc(Cc3cnc(Cc4cnccc4C(F)(F)F)nc3)c2c1. The van der Waals surface area contributed by atoms with Crippen LogP contribution in [-0.2, 0) is 19.0 Å². The van der Waals surface area contributed by atoms with E-state index < -0.39 is 11.7 Å². The Morgan fingerprint density at radius 3 is 2.50 bits per heavy atom. The molecule has 8 heteroatoms. The zero-order valence-electron chi connectivity index (χ0n) is 15.0. The van der Waals surface area contributed by atoms with Crippen LogP contribution in [0, 0.1) is 6.92 Å². The molecule has 0 aromatic carbocycles. The van der Waals surface area contributed by atoms with E-state index in [1.54, 1.807) is 18.6 Å². The molecule has 1 N–H and O–H groups in total. The molecule has 0 atom stereocenters. The fourth-order valence-electron chi connectivity index (χ4n) is 3.11. The Morgan fingerprint density at radius 1 is 0.964 bits per heavy atom. The maximum Gasteiger partial charge on any atom is 0.416 e.